The SMILES string of the molecule is Nc1ccccc1C(=O)C1(C(=O)C2N=N2)N=N1. The fourth-order valence-corrected chi connectivity index (χ4v) is 1.56. The number of nitrogens with two attached hydrogens (primary N) is 1. The minimum absolute atomic E-state index is 0.242. The lowest BCUT2D eigenvalue weighted by atomic mass is 9.95. The van der Waals surface area contributed by atoms with Crippen molar-refractivity contribution in [1.82, 2.24) is 0 Å². The minimum atomic E-state index is -1.65. The van der Waals surface area contributed by atoms with Crippen molar-refractivity contribution < 1.29 is 9.59 Å². The number of rotatable bonds is 4. The maximum atomic E-state index is 12.2. The van der Waals surface area contributed by atoms with Gasteiger partial charge in [-0.15, -0.1) is 10.2 Å². The van der Waals surface area contributed by atoms with Gasteiger partial charge in [0.25, 0.3) is 0 Å². The number of nitrogens with zero attached hydrogens (tertiary/aromatic N) is 4. The topological polar surface area (TPSA) is 110 Å². The monoisotopic (exact) mass is 229 g/mol. The average Bonchev–Trinajstić information content (AvgIpc) is 3.19. The quantitative estimate of drug-likeness (QED) is 0.471. The molecule has 1 aromatic rings. The van der Waals surface area contributed by atoms with Crippen LogP contribution >= 0.6 is 0 Å². The molecule has 7 nitrogen and oxygen atoms in total. The summed E-state index contributed by atoms with van der Waals surface area (Å²) in [5, 5.41) is 14.1. The van der Waals surface area contributed by atoms with Crippen molar-refractivity contribution in [2.45, 2.75) is 11.8 Å². The van der Waals surface area contributed by atoms with E-state index in [0.29, 0.717) is 5.69 Å². The first-order chi connectivity index (χ1) is 8.15. The predicted octanol–water partition coefficient (Wildman–Crippen LogP) is 0.975. The van der Waals surface area contributed by atoms with Gasteiger partial charge in [-0.05, 0) is 12.1 Å². The van der Waals surface area contributed by atoms with Gasteiger partial charge in [-0.2, -0.15) is 10.2 Å². The number of anilines is 1. The fourth-order valence-electron chi connectivity index (χ4n) is 1.56. The maximum Gasteiger partial charge on any atom is 0.314 e. The van der Waals surface area contributed by atoms with Crippen LogP contribution in [0.25, 0.3) is 0 Å². The van der Waals surface area contributed by atoms with Crippen molar-refractivity contribution in [3.63, 3.8) is 0 Å². The lowest BCUT2D eigenvalue weighted by Crippen LogP contribution is -2.37. The van der Waals surface area contributed by atoms with Crippen LogP contribution < -0.4 is 5.73 Å². The molecule has 0 atom stereocenters. The Balaban J connectivity index is 1.92. The Labute approximate surface area is 95.4 Å². The molecule has 2 aliphatic rings. The van der Waals surface area contributed by atoms with Crippen molar-refractivity contribution in [3.05, 3.63) is 29.8 Å². The van der Waals surface area contributed by atoms with E-state index in [1.54, 1.807) is 18.2 Å². The highest BCUT2D eigenvalue weighted by Crippen LogP contribution is 2.38. The number of ketones is 2. The lowest BCUT2D eigenvalue weighted by Gasteiger charge is -2.08. The molecule has 0 fully saturated rings. The van der Waals surface area contributed by atoms with E-state index in [4.69, 9.17) is 5.73 Å². The molecule has 2 N–H and O–H groups in total. The third-order valence-electron chi connectivity index (χ3n) is 2.63. The van der Waals surface area contributed by atoms with Crippen LogP contribution in [-0.4, -0.2) is 23.4 Å². The second kappa shape index (κ2) is 3.03. The summed E-state index contributed by atoms with van der Waals surface area (Å²) in [6.45, 7) is 0. The predicted molar refractivity (Wildman–Crippen MR) is 56.4 cm³/mol. The number of hydrogen-bond acceptors (Lipinski definition) is 7. The zero-order valence-electron chi connectivity index (χ0n) is 8.57. The molecule has 7 heteroatoms. The number of carbonyl (C=O) groups excluding carboxylic acids is 2. The zero-order chi connectivity index (χ0) is 12.0. The number of para-hydroxylation sites is 1. The minimum Gasteiger partial charge on any atom is -0.398 e. The summed E-state index contributed by atoms with van der Waals surface area (Å²) in [6.07, 6.45) is -0.793. The van der Waals surface area contributed by atoms with Crippen LogP contribution in [0.5, 0.6) is 0 Å². The molecule has 0 bridgehead atoms. The van der Waals surface area contributed by atoms with E-state index < -0.39 is 23.4 Å². The van der Waals surface area contributed by atoms with Crippen molar-refractivity contribution in [2.75, 3.05) is 5.73 Å². The van der Waals surface area contributed by atoms with E-state index in [0.717, 1.165) is 0 Å². The lowest BCUT2D eigenvalue weighted by molar-refractivity contribution is -0.120. The number of nitrogen functional groups attached to an aromatic ring is 1. The number of carbonyl (C=O) groups is 2. The summed E-state index contributed by atoms with van der Waals surface area (Å²) in [4.78, 5) is 23.9. The van der Waals surface area contributed by atoms with Crippen LogP contribution in [0.3, 0.4) is 0 Å². The van der Waals surface area contributed by atoms with Gasteiger partial charge in [0.15, 0.2) is 0 Å². The van der Waals surface area contributed by atoms with Gasteiger partial charge in [-0.1, -0.05) is 12.1 Å². The Hall–Kier alpha value is -2.44. The van der Waals surface area contributed by atoms with Crippen LogP contribution in [0.2, 0.25) is 0 Å². The van der Waals surface area contributed by atoms with E-state index >= 15 is 0 Å². The van der Waals surface area contributed by atoms with Gasteiger partial charge >= 0.3 is 5.66 Å². The molecule has 0 amide bonds. The zero-order valence-corrected chi connectivity index (χ0v) is 8.57. The Morgan fingerprint density at radius 2 is 1.82 bits per heavy atom. The van der Waals surface area contributed by atoms with E-state index in [2.05, 4.69) is 20.5 Å². The maximum absolute atomic E-state index is 12.2. The van der Waals surface area contributed by atoms with Gasteiger partial charge in [-0.25, -0.2) is 0 Å². The molecule has 0 radical (unpaired) electrons. The molecule has 0 saturated carbocycles. The van der Waals surface area contributed by atoms with Crippen molar-refractivity contribution in [2.24, 2.45) is 20.5 Å². The van der Waals surface area contributed by atoms with Gasteiger partial charge in [0, 0.05) is 11.3 Å². The van der Waals surface area contributed by atoms with Crippen molar-refractivity contribution in [1.29, 1.82) is 0 Å². The molecule has 0 unspecified atom stereocenters. The molecule has 1 aromatic carbocycles. The van der Waals surface area contributed by atoms with Gasteiger partial charge in [0.05, 0.1) is 0 Å². The first-order valence-corrected chi connectivity index (χ1v) is 4.93. The molecule has 2 heterocycles. The molecule has 0 aliphatic carbocycles. The van der Waals surface area contributed by atoms with Gasteiger partial charge in [0.2, 0.25) is 17.7 Å². The van der Waals surface area contributed by atoms with E-state index in [1.807, 2.05) is 0 Å². The smallest absolute Gasteiger partial charge is 0.314 e. The largest absolute Gasteiger partial charge is 0.398 e. The Bertz CT molecular complexity index is 580. The highest BCUT2D eigenvalue weighted by atomic mass is 16.2. The number of benzene rings is 1. The molecule has 3 rings (SSSR count). The van der Waals surface area contributed by atoms with Crippen LogP contribution in [0, 0.1) is 0 Å². The standard InChI is InChI=1S/C10H7N5O2/c11-6-4-2-1-3-5(6)7(16)10(14-15-10)8(17)9-12-13-9/h1-4,9H,11H2. The summed E-state index contributed by atoms with van der Waals surface area (Å²) in [7, 11) is 0. The normalized spacial score (nSPS) is 19.1. The van der Waals surface area contributed by atoms with E-state index in [9.17, 15) is 9.59 Å². The molecule has 2 aliphatic heterocycles. The molecular weight excluding hydrogens is 222 g/mol. The molecule has 0 aromatic heterocycles. The number of Topliss-reactive ketones (excluding diaryl/α,β-unsaturated/α-hetero) is 2. The van der Waals surface area contributed by atoms with Crippen molar-refractivity contribution >= 4 is 17.3 Å². The summed E-state index contributed by atoms with van der Waals surface area (Å²) in [5.41, 5.74) is 4.57. The molecule has 84 valence electrons. The molecule has 17 heavy (non-hydrogen) atoms. The highest BCUT2D eigenvalue weighted by Gasteiger charge is 2.60. The Morgan fingerprint density at radius 1 is 1.18 bits per heavy atom. The first kappa shape index (κ1) is 9.76. The summed E-state index contributed by atoms with van der Waals surface area (Å²) in [5.74, 6) is -1.02. The third-order valence-corrected chi connectivity index (χ3v) is 2.63. The molecular formula is C10H7N5O2. The van der Waals surface area contributed by atoms with Crippen LogP contribution in [0.15, 0.2) is 44.7 Å². The second-order valence-electron chi connectivity index (χ2n) is 3.76. The average molecular weight is 229 g/mol. The van der Waals surface area contributed by atoms with Crippen LogP contribution in [0.4, 0.5) is 5.69 Å². The van der Waals surface area contributed by atoms with E-state index in [1.165, 1.54) is 6.07 Å². The third kappa shape index (κ3) is 1.36. The summed E-state index contributed by atoms with van der Waals surface area (Å²) in [6, 6.07) is 6.49. The Kier molecular flexibility index (Phi) is 1.74. The van der Waals surface area contributed by atoms with Crippen LogP contribution in [-0.2, 0) is 4.79 Å². The second-order valence-corrected chi connectivity index (χ2v) is 3.76. The van der Waals surface area contributed by atoms with Crippen molar-refractivity contribution in [3.8, 4) is 0 Å². The Morgan fingerprint density at radius 3 is 2.35 bits per heavy atom. The number of hydrogen-bond donors (Lipinski definition) is 1. The van der Waals surface area contributed by atoms with Crippen LogP contribution in [0.1, 0.15) is 10.4 Å². The van der Waals surface area contributed by atoms with E-state index in [-0.39, 0.29) is 5.56 Å². The molecule has 0 saturated heterocycles. The van der Waals surface area contributed by atoms with Gasteiger partial charge < -0.3 is 5.73 Å². The summed E-state index contributed by atoms with van der Waals surface area (Å²) < 4.78 is 0. The highest BCUT2D eigenvalue weighted by molar-refractivity contribution is 6.23. The fraction of sp³-hybridized carbons (Fsp3) is 0.200. The van der Waals surface area contributed by atoms with Gasteiger partial charge in [0.1, 0.15) is 0 Å². The van der Waals surface area contributed by atoms with Gasteiger partial charge in [-0.3, -0.25) is 9.59 Å². The molecule has 0 spiro atoms. The summed E-state index contributed by atoms with van der Waals surface area (Å²) >= 11 is 0. The first-order valence-electron chi connectivity index (χ1n) is 4.93.